The zero-order chi connectivity index (χ0) is 22.5. The lowest BCUT2D eigenvalue weighted by Gasteiger charge is -2.30. The van der Waals surface area contributed by atoms with Crippen molar-refractivity contribution in [2.45, 2.75) is 90.3 Å². The molecule has 0 spiro atoms. The number of thiol groups is 1. The Labute approximate surface area is 189 Å². The molecule has 7 nitrogen and oxygen atoms in total. The van der Waals surface area contributed by atoms with E-state index in [0.29, 0.717) is 38.8 Å². The van der Waals surface area contributed by atoms with E-state index in [1.807, 2.05) is 27.7 Å². The van der Waals surface area contributed by atoms with E-state index in [2.05, 4.69) is 44.1 Å². The van der Waals surface area contributed by atoms with Crippen LogP contribution in [0.4, 0.5) is 0 Å². The number of nitrogens with one attached hydrogen (secondary N) is 3. The minimum absolute atomic E-state index is 0.00188. The number of Topliss-reactive ketones (excluding diaryl/α,β-unsaturated/α-hetero) is 1. The van der Waals surface area contributed by atoms with Gasteiger partial charge in [0, 0.05) is 25.1 Å². The van der Waals surface area contributed by atoms with Crippen LogP contribution in [0, 0.1) is 0 Å². The van der Waals surface area contributed by atoms with Gasteiger partial charge in [-0.05, 0) is 66.7 Å². The lowest BCUT2D eigenvalue weighted by atomic mass is 9.99. The lowest BCUT2D eigenvalue weighted by Crippen LogP contribution is -2.45. The Morgan fingerprint density at radius 3 is 2.28 bits per heavy atom. The molecule has 1 atom stereocenters. The van der Waals surface area contributed by atoms with Crippen molar-refractivity contribution in [3.63, 3.8) is 0 Å². The molecule has 0 fully saturated rings. The Morgan fingerprint density at radius 2 is 1.72 bits per heavy atom. The van der Waals surface area contributed by atoms with Crippen LogP contribution in [0.2, 0.25) is 0 Å². The molecule has 0 radical (unpaired) electrons. The molecule has 1 unspecified atom stereocenters. The van der Waals surface area contributed by atoms with Crippen molar-refractivity contribution in [3.8, 4) is 0 Å². The molecule has 170 valence electrons. The third-order valence-corrected chi connectivity index (χ3v) is 5.48. The maximum Gasteiger partial charge on any atom is 0.231 e. The van der Waals surface area contributed by atoms with Crippen LogP contribution in [0.5, 0.6) is 0 Å². The van der Waals surface area contributed by atoms with Gasteiger partial charge in [0.25, 0.3) is 0 Å². The van der Waals surface area contributed by atoms with Gasteiger partial charge >= 0.3 is 0 Å². The van der Waals surface area contributed by atoms with E-state index in [4.69, 9.17) is 4.74 Å². The first-order valence-electron chi connectivity index (χ1n) is 10.1. The maximum atomic E-state index is 12.0. The van der Waals surface area contributed by atoms with E-state index in [1.165, 1.54) is 0 Å². The van der Waals surface area contributed by atoms with Crippen molar-refractivity contribution in [2.75, 3.05) is 18.5 Å². The third-order valence-electron chi connectivity index (χ3n) is 4.66. The van der Waals surface area contributed by atoms with E-state index < -0.39 is 5.60 Å². The van der Waals surface area contributed by atoms with Crippen molar-refractivity contribution in [1.82, 2.24) is 15.4 Å². The van der Waals surface area contributed by atoms with Gasteiger partial charge in [-0.2, -0.15) is 0 Å². The van der Waals surface area contributed by atoms with Crippen LogP contribution in [0.3, 0.4) is 0 Å². The number of carbonyl (C=O) groups is 3. The number of hydrogen-bond donors (Lipinski definition) is 4. The quantitative estimate of drug-likeness (QED) is 0.150. The summed E-state index contributed by atoms with van der Waals surface area (Å²) < 4.78 is 8.64. The average molecular weight is 497 g/mol. The first-order valence-corrected chi connectivity index (χ1v) is 11.7. The van der Waals surface area contributed by atoms with Gasteiger partial charge in [-0.15, -0.1) is 0 Å². The summed E-state index contributed by atoms with van der Waals surface area (Å²) in [4.78, 5) is 34.9. The molecule has 0 aromatic heterocycles. The minimum atomic E-state index is -0.417. The van der Waals surface area contributed by atoms with Crippen LogP contribution in [-0.2, 0) is 19.1 Å². The monoisotopic (exact) mass is 495 g/mol. The second-order valence-corrected chi connectivity index (χ2v) is 9.38. The predicted octanol–water partition coefficient (Wildman–Crippen LogP) is 2.92. The highest BCUT2D eigenvalue weighted by Gasteiger charge is 2.24. The van der Waals surface area contributed by atoms with E-state index >= 15 is 0 Å². The molecule has 0 aliphatic rings. The van der Waals surface area contributed by atoms with E-state index in [9.17, 15) is 14.4 Å². The first kappa shape index (κ1) is 28.4. The smallest absolute Gasteiger partial charge is 0.231 e. The molecule has 0 saturated carbocycles. The van der Waals surface area contributed by atoms with E-state index in [1.54, 1.807) is 6.92 Å². The molecule has 0 aromatic carbocycles. The van der Waals surface area contributed by atoms with Crippen LogP contribution in [0.1, 0.15) is 73.1 Å². The number of alkyl halides is 1. The number of unbranched alkanes of at least 4 members (excludes halogenated alkanes) is 1. The molecular weight excluding hydrogens is 458 g/mol. The van der Waals surface area contributed by atoms with Gasteiger partial charge < -0.3 is 15.4 Å². The predicted molar refractivity (Wildman–Crippen MR) is 123 cm³/mol. The number of ether oxygens (including phenoxy) is 1. The largest absolute Gasteiger partial charge is 0.375 e. The van der Waals surface area contributed by atoms with Gasteiger partial charge in [-0.1, -0.05) is 28.7 Å². The molecule has 3 N–H and O–H groups in total. The molecule has 0 bridgehead atoms. The second-order valence-electron chi connectivity index (χ2n) is 8.56. The van der Waals surface area contributed by atoms with Gasteiger partial charge in [0.15, 0.2) is 0 Å². The summed E-state index contributed by atoms with van der Waals surface area (Å²) in [5.41, 5.74) is -0.762. The molecule has 2 amide bonds. The molecule has 0 heterocycles. The van der Waals surface area contributed by atoms with Gasteiger partial charge in [0.05, 0.1) is 17.0 Å². The first-order chi connectivity index (χ1) is 13.4. The minimum Gasteiger partial charge on any atom is -0.375 e. The van der Waals surface area contributed by atoms with Crippen molar-refractivity contribution < 1.29 is 19.1 Å². The molecule has 0 aliphatic carbocycles. The molecule has 9 heteroatoms. The number of rotatable bonds is 16. The number of carbonyl (C=O) groups excluding carboxylic acids is 3. The number of amides is 2. The maximum absolute atomic E-state index is 12.0. The Bertz CT molecular complexity index is 530. The number of halogens is 1. The summed E-state index contributed by atoms with van der Waals surface area (Å²) in [6, 6.07) is -0.232. The van der Waals surface area contributed by atoms with Crippen LogP contribution in [-0.4, -0.2) is 53.3 Å². The summed E-state index contributed by atoms with van der Waals surface area (Å²) in [5.74, 6) is 0.0202. The van der Waals surface area contributed by atoms with Crippen LogP contribution < -0.4 is 15.4 Å². The Balaban J connectivity index is 4.00. The van der Waals surface area contributed by atoms with E-state index in [0.717, 1.165) is 12.8 Å². The number of ketones is 1. The van der Waals surface area contributed by atoms with Crippen molar-refractivity contribution in [3.05, 3.63) is 0 Å². The normalized spacial score (nSPS) is 13.1. The SMILES string of the molecule is CC(=O)C(CCCCNC(=O)CCC(C)(C)OCCC(C)(C)NC(=O)CBr)NS. The highest BCUT2D eigenvalue weighted by Crippen LogP contribution is 2.19. The van der Waals surface area contributed by atoms with Gasteiger partial charge in [0.2, 0.25) is 11.8 Å². The average Bonchev–Trinajstić information content (AvgIpc) is 2.61. The molecule has 0 aliphatic heterocycles. The Hall–Kier alpha value is -0.640. The number of hydrogen-bond acceptors (Lipinski definition) is 6. The van der Waals surface area contributed by atoms with Crippen molar-refractivity contribution in [1.29, 1.82) is 0 Å². The summed E-state index contributed by atoms with van der Waals surface area (Å²) in [5, 5.41) is 6.13. The molecule has 29 heavy (non-hydrogen) atoms. The molecule has 0 aromatic rings. The zero-order valence-electron chi connectivity index (χ0n) is 18.4. The Morgan fingerprint density at radius 1 is 1.07 bits per heavy atom. The fourth-order valence-electron chi connectivity index (χ4n) is 2.69. The van der Waals surface area contributed by atoms with E-state index in [-0.39, 0.29) is 34.5 Å². The topological polar surface area (TPSA) is 96.5 Å². The van der Waals surface area contributed by atoms with Crippen molar-refractivity contribution >= 4 is 46.3 Å². The highest BCUT2D eigenvalue weighted by atomic mass is 79.9. The molecule has 0 saturated heterocycles. The highest BCUT2D eigenvalue weighted by molar-refractivity contribution is 9.09. The Kier molecular flexibility index (Phi) is 14.1. The molecular formula is C20H38BrN3O4S. The molecule has 0 rings (SSSR count). The summed E-state index contributed by atoms with van der Waals surface area (Å²) >= 11 is 7.10. The van der Waals surface area contributed by atoms with Crippen molar-refractivity contribution in [2.24, 2.45) is 0 Å². The van der Waals surface area contributed by atoms with Crippen LogP contribution in [0.15, 0.2) is 0 Å². The van der Waals surface area contributed by atoms with Gasteiger partial charge in [-0.3, -0.25) is 19.1 Å². The lowest BCUT2D eigenvalue weighted by molar-refractivity contribution is -0.123. The standard InChI is InChI=1S/C20H38BrN3O4S/c1-15(25)16(24-29)8-6-7-12-22-17(26)9-10-20(4,5)28-13-11-19(2,3)23-18(27)14-21/h16,24,29H,6-14H2,1-5H3,(H,22,26)(H,23,27). The second kappa shape index (κ2) is 14.4. The third kappa shape index (κ3) is 14.9. The van der Waals surface area contributed by atoms with Gasteiger partial charge in [0.1, 0.15) is 5.78 Å². The summed E-state index contributed by atoms with van der Waals surface area (Å²) in [7, 11) is 0. The fourth-order valence-corrected chi connectivity index (χ4v) is 3.14. The summed E-state index contributed by atoms with van der Waals surface area (Å²) in [6.07, 6.45) is 4.06. The van der Waals surface area contributed by atoms with Crippen LogP contribution >= 0.6 is 28.7 Å². The summed E-state index contributed by atoms with van der Waals surface area (Å²) in [6.45, 7) is 10.5. The fraction of sp³-hybridized carbons (Fsp3) is 0.850. The zero-order valence-corrected chi connectivity index (χ0v) is 20.9. The van der Waals surface area contributed by atoms with Gasteiger partial charge in [-0.25, -0.2) is 0 Å². The van der Waals surface area contributed by atoms with Crippen LogP contribution in [0.25, 0.3) is 0 Å².